The van der Waals surface area contributed by atoms with Gasteiger partial charge in [0.05, 0.1) is 12.0 Å². The fourth-order valence-corrected chi connectivity index (χ4v) is 3.21. The third-order valence-electron chi connectivity index (χ3n) is 4.43. The Hall–Kier alpha value is -0.320. The van der Waals surface area contributed by atoms with Crippen molar-refractivity contribution in [1.82, 2.24) is 4.90 Å². The first-order valence-corrected chi connectivity index (χ1v) is 7.16. The molecule has 0 radical (unpaired) electrons. The average Bonchev–Trinajstić information content (AvgIpc) is 2.80. The molecule has 0 aromatic heterocycles. The molecule has 2 N–H and O–H groups in total. The highest BCUT2D eigenvalue weighted by Crippen LogP contribution is 2.32. The van der Waals surface area contributed by atoms with E-state index in [1.54, 1.807) is 0 Å². The van der Waals surface area contributed by atoms with E-state index in [0.717, 1.165) is 45.1 Å². The maximum atomic E-state index is 12.5. The van der Waals surface area contributed by atoms with Crippen LogP contribution in [0.15, 0.2) is 0 Å². The zero-order valence-electron chi connectivity index (χ0n) is 12.1. The van der Waals surface area contributed by atoms with Gasteiger partial charge in [0.1, 0.15) is 0 Å². The quantitative estimate of drug-likeness (QED) is 0.864. The smallest absolute Gasteiger partial charge is 0.227 e. The molecular weight excluding hydrogens is 264 g/mol. The molecule has 3 unspecified atom stereocenters. The molecule has 3 atom stereocenters. The molecular formula is C14H27ClN2O2. The number of hydrogen-bond acceptors (Lipinski definition) is 3. The number of hydrogen-bond donors (Lipinski definition) is 1. The van der Waals surface area contributed by atoms with Crippen LogP contribution >= 0.6 is 12.4 Å². The van der Waals surface area contributed by atoms with Crippen molar-refractivity contribution in [3.63, 3.8) is 0 Å². The predicted octanol–water partition coefficient (Wildman–Crippen LogP) is 1.95. The summed E-state index contributed by atoms with van der Waals surface area (Å²) in [6.45, 7) is 3.57. The fourth-order valence-electron chi connectivity index (χ4n) is 3.21. The monoisotopic (exact) mass is 290 g/mol. The van der Waals surface area contributed by atoms with Crippen molar-refractivity contribution in [1.29, 1.82) is 0 Å². The van der Waals surface area contributed by atoms with Gasteiger partial charge in [-0.1, -0.05) is 12.8 Å². The highest BCUT2D eigenvalue weighted by Gasteiger charge is 2.39. The SMILES string of the molecule is CN(CC1CCCO1)C(=O)C1CCCCC1(C)N.Cl. The van der Waals surface area contributed by atoms with E-state index in [1.807, 2.05) is 18.9 Å². The predicted molar refractivity (Wildman–Crippen MR) is 78.4 cm³/mol. The lowest BCUT2D eigenvalue weighted by molar-refractivity contribution is -0.139. The molecule has 2 aliphatic rings. The average molecular weight is 291 g/mol. The highest BCUT2D eigenvalue weighted by molar-refractivity contribution is 5.85. The van der Waals surface area contributed by atoms with Gasteiger partial charge in [-0.05, 0) is 32.6 Å². The number of rotatable bonds is 3. The van der Waals surface area contributed by atoms with Crippen LogP contribution in [0.25, 0.3) is 0 Å². The lowest BCUT2D eigenvalue weighted by atomic mass is 9.74. The van der Waals surface area contributed by atoms with Gasteiger partial charge in [-0.25, -0.2) is 0 Å². The standard InChI is InChI=1S/C14H26N2O2.ClH/c1-14(15)8-4-3-7-12(14)13(17)16(2)10-11-6-5-9-18-11;/h11-12H,3-10,15H2,1-2H3;1H. The molecule has 112 valence electrons. The summed E-state index contributed by atoms with van der Waals surface area (Å²) in [4.78, 5) is 14.3. The highest BCUT2D eigenvalue weighted by atomic mass is 35.5. The first-order valence-electron chi connectivity index (χ1n) is 7.16. The van der Waals surface area contributed by atoms with E-state index in [2.05, 4.69) is 0 Å². The Balaban J connectivity index is 0.00000180. The molecule has 0 aromatic rings. The Morgan fingerprint density at radius 2 is 2.11 bits per heavy atom. The first kappa shape index (κ1) is 16.7. The van der Waals surface area contributed by atoms with Crippen LogP contribution in [0.1, 0.15) is 45.4 Å². The summed E-state index contributed by atoms with van der Waals surface area (Å²) in [5.41, 5.74) is 5.96. The molecule has 1 aliphatic carbocycles. The lowest BCUT2D eigenvalue weighted by Crippen LogP contribution is -2.53. The van der Waals surface area contributed by atoms with Crippen LogP contribution in [0, 0.1) is 5.92 Å². The van der Waals surface area contributed by atoms with E-state index < -0.39 is 0 Å². The number of amides is 1. The number of halogens is 1. The molecule has 2 fully saturated rings. The second kappa shape index (κ2) is 6.91. The zero-order valence-corrected chi connectivity index (χ0v) is 12.9. The van der Waals surface area contributed by atoms with E-state index in [4.69, 9.17) is 10.5 Å². The van der Waals surface area contributed by atoms with Crippen molar-refractivity contribution >= 4 is 18.3 Å². The summed E-state index contributed by atoms with van der Waals surface area (Å²) in [6.07, 6.45) is 6.57. The molecule has 5 heteroatoms. The Morgan fingerprint density at radius 1 is 1.37 bits per heavy atom. The Morgan fingerprint density at radius 3 is 2.68 bits per heavy atom. The largest absolute Gasteiger partial charge is 0.376 e. The van der Waals surface area contributed by atoms with Crippen LogP contribution in [0.3, 0.4) is 0 Å². The van der Waals surface area contributed by atoms with Crippen molar-refractivity contribution in [2.24, 2.45) is 11.7 Å². The topological polar surface area (TPSA) is 55.6 Å². The van der Waals surface area contributed by atoms with Crippen LogP contribution in [0.2, 0.25) is 0 Å². The molecule has 1 saturated heterocycles. The molecule has 0 bridgehead atoms. The van der Waals surface area contributed by atoms with E-state index in [0.29, 0.717) is 6.54 Å². The maximum absolute atomic E-state index is 12.5. The van der Waals surface area contributed by atoms with Gasteiger partial charge in [-0.2, -0.15) is 0 Å². The number of carbonyl (C=O) groups is 1. The van der Waals surface area contributed by atoms with Gasteiger partial charge in [-0.3, -0.25) is 4.79 Å². The summed E-state index contributed by atoms with van der Waals surface area (Å²) in [6, 6.07) is 0. The maximum Gasteiger partial charge on any atom is 0.227 e. The van der Waals surface area contributed by atoms with Gasteiger partial charge < -0.3 is 15.4 Å². The lowest BCUT2D eigenvalue weighted by Gasteiger charge is -2.39. The zero-order chi connectivity index (χ0) is 13.2. The third kappa shape index (κ3) is 4.07. The second-order valence-corrected chi connectivity index (χ2v) is 6.16. The van der Waals surface area contributed by atoms with Gasteiger partial charge in [0.2, 0.25) is 5.91 Å². The third-order valence-corrected chi connectivity index (χ3v) is 4.43. The molecule has 1 heterocycles. The summed E-state index contributed by atoms with van der Waals surface area (Å²) in [7, 11) is 1.88. The molecule has 0 spiro atoms. The van der Waals surface area contributed by atoms with Crippen molar-refractivity contribution in [3.8, 4) is 0 Å². The normalized spacial score (nSPS) is 34.7. The molecule has 1 amide bonds. The summed E-state index contributed by atoms with van der Waals surface area (Å²) in [5.74, 6) is 0.188. The van der Waals surface area contributed by atoms with E-state index >= 15 is 0 Å². The molecule has 4 nitrogen and oxygen atoms in total. The summed E-state index contributed by atoms with van der Waals surface area (Å²) < 4.78 is 5.59. The van der Waals surface area contributed by atoms with Gasteiger partial charge in [0.15, 0.2) is 0 Å². The second-order valence-electron chi connectivity index (χ2n) is 6.16. The number of ether oxygens (including phenoxy) is 1. The minimum Gasteiger partial charge on any atom is -0.376 e. The van der Waals surface area contributed by atoms with Crippen molar-refractivity contribution in [2.45, 2.75) is 57.1 Å². The number of carbonyl (C=O) groups excluding carboxylic acids is 1. The van der Waals surface area contributed by atoms with Crippen LogP contribution in [0.5, 0.6) is 0 Å². The fraction of sp³-hybridized carbons (Fsp3) is 0.929. The van der Waals surface area contributed by atoms with E-state index in [1.165, 1.54) is 0 Å². The first-order chi connectivity index (χ1) is 8.50. The number of nitrogens with zero attached hydrogens (tertiary/aromatic N) is 1. The van der Waals surface area contributed by atoms with Crippen LogP contribution in [-0.2, 0) is 9.53 Å². The van der Waals surface area contributed by atoms with E-state index in [9.17, 15) is 4.79 Å². The van der Waals surface area contributed by atoms with Crippen LogP contribution in [0.4, 0.5) is 0 Å². The molecule has 1 saturated carbocycles. The van der Waals surface area contributed by atoms with Gasteiger partial charge in [-0.15, -0.1) is 12.4 Å². The Labute approximate surface area is 122 Å². The Kier molecular flexibility index (Phi) is 6.09. The minimum absolute atomic E-state index is 0. The Bertz CT molecular complexity index is 304. The molecule has 1 aliphatic heterocycles. The molecule has 0 aromatic carbocycles. The van der Waals surface area contributed by atoms with Crippen molar-refractivity contribution in [3.05, 3.63) is 0 Å². The molecule has 2 rings (SSSR count). The van der Waals surface area contributed by atoms with Crippen LogP contribution < -0.4 is 5.73 Å². The summed E-state index contributed by atoms with van der Waals surface area (Å²) in [5, 5.41) is 0. The van der Waals surface area contributed by atoms with Crippen LogP contribution in [-0.4, -0.2) is 42.6 Å². The van der Waals surface area contributed by atoms with Gasteiger partial charge in [0, 0.05) is 25.7 Å². The number of nitrogens with two attached hydrogens (primary N) is 1. The minimum atomic E-state index is -0.333. The molecule has 19 heavy (non-hydrogen) atoms. The number of likely N-dealkylation sites (N-methyl/N-ethyl adjacent to an activating group) is 1. The summed E-state index contributed by atoms with van der Waals surface area (Å²) >= 11 is 0. The van der Waals surface area contributed by atoms with Crippen molar-refractivity contribution in [2.75, 3.05) is 20.2 Å². The van der Waals surface area contributed by atoms with Crippen molar-refractivity contribution < 1.29 is 9.53 Å². The van der Waals surface area contributed by atoms with Gasteiger partial charge in [0.25, 0.3) is 0 Å². The van der Waals surface area contributed by atoms with E-state index in [-0.39, 0.29) is 35.9 Å². The van der Waals surface area contributed by atoms with Gasteiger partial charge >= 0.3 is 0 Å².